The fourth-order valence-corrected chi connectivity index (χ4v) is 1.56. The molecule has 92 valence electrons. The third kappa shape index (κ3) is 3.30. The maximum Gasteiger partial charge on any atom is 0.322 e. The van der Waals surface area contributed by atoms with E-state index >= 15 is 0 Å². The zero-order valence-electron chi connectivity index (χ0n) is 9.73. The Kier molecular flexibility index (Phi) is 3.41. The van der Waals surface area contributed by atoms with Crippen LogP contribution in [-0.4, -0.2) is 34.1 Å². The molecule has 3 N–H and O–H groups in total. The van der Waals surface area contributed by atoms with E-state index in [1.807, 2.05) is 13.0 Å². The van der Waals surface area contributed by atoms with E-state index in [1.165, 1.54) is 0 Å². The Labute approximate surface area is 99.5 Å². The van der Waals surface area contributed by atoms with Gasteiger partial charge in [-0.05, 0) is 19.8 Å². The molecule has 6 heteroatoms. The largest absolute Gasteiger partial charge is 0.480 e. The van der Waals surface area contributed by atoms with Crippen molar-refractivity contribution < 1.29 is 9.90 Å². The first-order chi connectivity index (χ1) is 8.19. The first kappa shape index (κ1) is 11.6. The van der Waals surface area contributed by atoms with Gasteiger partial charge in [0.1, 0.15) is 12.4 Å². The fraction of sp³-hybridized carbons (Fsp3) is 0.545. The zero-order chi connectivity index (χ0) is 12.3. The van der Waals surface area contributed by atoms with Crippen LogP contribution in [0.2, 0.25) is 0 Å². The lowest BCUT2D eigenvalue weighted by Gasteiger charge is -2.08. The van der Waals surface area contributed by atoms with Crippen molar-refractivity contribution in [3.05, 3.63) is 11.8 Å². The minimum absolute atomic E-state index is 0.167. The molecule has 1 saturated carbocycles. The molecule has 1 aromatic rings. The molecule has 0 aliphatic heterocycles. The van der Waals surface area contributed by atoms with Gasteiger partial charge in [0.25, 0.3) is 0 Å². The van der Waals surface area contributed by atoms with E-state index in [0.717, 1.165) is 30.9 Å². The molecule has 0 aromatic carbocycles. The summed E-state index contributed by atoms with van der Waals surface area (Å²) in [6.07, 6.45) is 2.31. The molecule has 0 spiro atoms. The molecular weight excluding hydrogens is 220 g/mol. The van der Waals surface area contributed by atoms with Crippen molar-refractivity contribution >= 4 is 17.7 Å². The highest BCUT2D eigenvalue weighted by Gasteiger charge is 2.26. The van der Waals surface area contributed by atoms with Gasteiger partial charge in [-0.2, -0.15) is 4.98 Å². The monoisotopic (exact) mass is 236 g/mol. The highest BCUT2D eigenvalue weighted by molar-refractivity contribution is 5.71. The molecule has 1 aliphatic carbocycles. The van der Waals surface area contributed by atoms with Crippen molar-refractivity contribution in [3.63, 3.8) is 0 Å². The normalized spacial score (nSPS) is 14.4. The summed E-state index contributed by atoms with van der Waals surface area (Å²) >= 11 is 0. The van der Waals surface area contributed by atoms with Gasteiger partial charge >= 0.3 is 5.97 Å². The summed E-state index contributed by atoms with van der Waals surface area (Å²) in [4.78, 5) is 19.0. The molecule has 0 atom stereocenters. The molecule has 1 fully saturated rings. The van der Waals surface area contributed by atoms with E-state index in [0.29, 0.717) is 11.9 Å². The number of nitrogens with one attached hydrogen (secondary N) is 2. The average Bonchev–Trinajstić information content (AvgIpc) is 3.10. The maximum atomic E-state index is 10.5. The van der Waals surface area contributed by atoms with Crippen LogP contribution in [0.25, 0.3) is 0 Å². The summed E-state index contributed by atoms with van der Waals surface area (Å²) in [5.41, 5.74) is 0.990. The molecule has 6 nitrogen and oxygen atoms in total. The fourth-order valence-electron chi connectivity index (χ4n) is 1.56. The van der Waals surface area contributed by atoms with E-state index < -0.39 is 5.97 Å². The quantitative estimate of drug-likeness (QED) is 0.689. The number of carboxylic acids is 1. The first-order valence-electron chi connectivity index (χ1n) is 5.77. The standard InChI is InChI=1S/C11H16N4O2/c1-2-12-9-5-8(7-3-4-7)14-11(15-9)13-6-10(16)17/h5,7H,2-4,6H2,1H3,(H,16,17)(H2,12,13,14,15). The van der Waals surface area contributed by atoms with Crippen LogP contribution in [0.15, 0.2) is 6.07 Å². The molecular formula is C11H16N4O2. The molecule has 0 amide bonds. The number of carbonyl (C=O) groups is 1. The van der Waals surface area contributed by atoms with Gasteiger partial charge < -0.3 is 15.7 Å². The summed E-state index contributed by atoms with van der Waals surface area (Å²) in [5, 5.41) is 14.4. The summed E-state index contributed by atoms with van der Waals surface area (Å²) in [5.74, 6) is 0.723. The number of nitrogens with zero attached hydrogens (tertiary/aromatic N) is 2. The lowest BCUT2D eigenvalue weighted by atomic mass is 10.3. The van der Waals surface area contributed by atoms with Gasteiger partial charge in [-0.25, -0.2) is 4.98 Å². The van der Waals surface area contributed by atoms with E-state index in [9.17, 15) is 4.79 Å². The Balaban J connectivity index is 2.14. The zero-order valence-corrected chi connectivity index (χ0v) is 9.73. The maximum absolute atomic E-state index is 10.5. The number of hydrogen-bond acceptors (Lipinski definition) is 5. The van der Waals surface area contributed by atoms with Gasteiger partial charge in [-0.3, -0.25) is 4.79 Å². The smallest absolute Gasteiger partial charge is 0.322 e. The molecule has 0 unspecified atom stereocenters. The van der Waals surface area contributed by atoms with Gasteiger partial charge in [0, 0.05) is 18.5 Å². The minimum atomic E-state index is -0.921. The van der Waals surface area contributed by atoms with Crippen LogP contribution in [0.4, 0.5) is 11.8 Å². The van der Waals surface area contributed by atoms with E-state index in [4.69, 9.17) is 5.11 Å². The Morgan fingerprint density at radius 2 is 2.24 bits per heavy atom. The second kappa shape index (κ2) is 4.99. The lowest BCUT2D eigenvalue weighted by Crippen LogP contribution is -2.15. The van der Waals surface area contributed by atoms with Crippen LogP contribution in [0, 0.1) is 0 Å². The summed E-state index contributed by atoms with van der Waals surface area (Å²) in [7, 11) is 0. The van der Waals surface area contributed by atoms with Crippen LogP contribution in [-0.2, 0) is 4.79 Å². The number of aliphatic carboxylic acids is 1. The van der Waals surface area contributed by atoms with Crippen LogP contribution in [0.5, 0.6) is 0 Å². The molecule has 1 heterocycles. The number of hydrogen-bond donors (Lipinski definition) is 3. The molecule has 0 radical (unpaired) electrons. The van der Waals surface area contributed by atoms with Gasteiger partial charge in [0.15, 0.2) is 0 Å². The molecule has 1 aliphatic rings. The third-order valence-electron chi connectivity index (χ3n) is 2.50. The Hall–Kier alpha value is -1.85. The highest BCUT2D eigenvalue weighted by atomic mass is 16.4. The van der Waals surface area contributed by atoms with Gasteiger partial charge in [0.2, 0.25) is 5.95 Å². The second-order valence-corrected chi connectivity index (χ2v) is 4.05. The number of anilines is 2. The van der Waals surface area contributed by atoms with Crippen molar-refractivity contribution in [2.75, 3.05) is 23.7 Å². The molecule has 2 rings (SSSR count). The molecule has 0 saturated heterocycles. The second-order valence-electron chi connectivity index (χ2n) is 4.05. The van der Waals surface area contributed by atoms with E-state index in [-0.39, 0.29) is 6.54 Å². The first-order valence-corrected chi connectivity index (χ1v) is 5.77. The SMILES string of the molecule is CCNc1cc(C2CC2)nc(NCC(=O)O)n1. The number of carboxylic acid groups (broad SMARTS) is 1. The van der Waals surface area contributed by atoms with Crippen molar-refractivity contribution in [2.24, 2.45) is 0 Å². The highest BCUT2D eigenvalue weighted by Crippen LogP contribution is 2.39. The van der Waals surface area contributed by atoms with E-state index in [1.54, 1.807) is 0 Å². The van der Waals surface area contributed by atoms with Gasteiger partial charge in [0.05, 0.1) is 5.69 Å². The Morgan fingerprint density at radius 3 is 2.82 bits per heavy atom. The van der Waals surface area contributed by atoms with Crippen LogP contribution in [0.1, 0.15) is 31.4 Å². The number of rotatable bonds is 6. The minimum Gasteiger partial charge on any atom is -0.480 e. The van der Waals surface area contributed by atoms with Crippen molar-refractivity contribution in [2.45, 2.75) is 25.7 Å². The molecule has 1 aromatic heterocycles. The topological polar surface area (TPSA) is 87.1 Å². The van der Waals surface area contributed by atoms with Crippen LogP contribution in [0.3, 0.4) is 0 Å². The predicted octanol–water partition coefficient (Wildman–Crippen LogP) is 1.28. The summed E-state index contributed by atoms with van der Waals surface area (Å²) in [6.45, 7) is 2.60. The average molecular weight is 236 g/mol. The Bertz CT molecular complexity index is 418. The van der Waals surface area contributed by atoms with Crippen LogP contribution < -0.4 is 10.6 Å². The third-order valence-corrected chi connectivity index (χ3v) is 2.50. The molecule has 17 heavy (non-hydrogen) atoms. The summed E-state index contributed by atoms with van der Waals surface area (Å²) in [6, 6.07) is 1.94. The van der Waals surface area contributed by atoms with Gasteiger partial charge in [-0.1, -0.05) is 0 Å². The number of aromatic nitrogens is 2. The van der Waals surface area contributed by atoms with Gasteiger partial charge in [-0.15, -0.1) is 0 Å². The lowest BCUT2D eigenvalue weighted by molar-refractivity contribution is -0.134. The Morgan fingerprint density at radius 1 is 1.47 bits per heavy atom. The summed E-state index contributed by atoms with van der Waals surface area (Å²) < 4.78 is 0. The van der Waals surface area contributed by atoms with E-state index in [2.05, 4.69) is 20.6 Å². The van der Waals surface area contributed by atoms with Crippen molar-refractivity contribution in [3.8, 4) is 0 Å². The van der Waals surface area contributed by atoms with Crippen molar-refractivity contribution in [1.29, 1.82) is 0 Å². The van der Waals surface area contributed by atoms with Crippen molar-refractivity contribution in [1.82, 2.24) is 9.97 Å². The predicted molar refractivity (Wildman–Crippen MR) is 64.3 cm³/mol. The van der Waals surface area contributed by atoms with Crippen LogP contribution >= 0.6 is 0 Å². The molecule has 0 bridgehead atoms.